The maximum Gasteiger partial charge on any atom is 0.306 e. The van der Waals surface area contributed by atoms with Crippen LogP contribution in [0.5, 0.6) is 0 Å². The molecule has 0 aliphatic carbocycles. The van der Waals surface area contributed by atoms with Crippen molar-refractivity contribution in [2.24, 2.45) is 0 Å². The second-order valence-electron chi connectivity index (χ2n) is 23.1. The Kier molecular flexibility index (Phi) is 64.2. The van der Waals surface area contributed by atoms with Gasteiger partial charge >= 0.3 is 17.9 Å². The normalized spacial score (nSPS) is 12.4. The zero-order chi connectivity index (χ0) is 56.4. The number of carbonyl (C=O) groups excluding carboxylic acids is 3. The van der Waals surface area contributed by atoms with E-state index in [2.05, 4.69) is 81.5 Å². The van der Waals surface area contributed by atoms with Crippen LogP contribution < -0.4 is 0 Å². The molecule has 0 saturated heterocycles. The quantitative estimate of drug-likeness (QED) is 0.0261. The fourth-order valence-corrected chi connectivity index (χ4v) is 10.1. The van der Waals surface area contributed by atoms with Crippen molar-refractivity contribution in [3.8, 4) is 0 Å². The molecule has 0 saturated carbocycles. The molecule has 0 N–H and O–H groups in total. The summed E-state index contributed by atoms with van der Waals surface area (Å²) >= 11 is 0. The lowest BCUT2D eigenvalue weighted by Crippen LogP contribution is -2.30. The lowest BCUT2D eigenvalue weighted by molar-refractivity contribution is -0.167. The molecule has 0 aliphatic rings. The first-order valence-corrected chi connectivity index (χ1v) is 34.3. The van der Waals surface area contributed by atoms with E-state index in [1.54, 1.807) is 0 Å². The van der Waals surface area contributed by atoms with Gasteiger partial charge in [0.05, 0.1) is 0 Å². The second kappa shape index (κ2) is 66.6. The largest absolute Gasteiger partial charge is 0.462 e. The molecule has 0 fully saturated rings. The van der Waals surface area contributed by atoms with Crippen LogP contribution in [-0.4, -0.2) is 37.2 Å². The summed E-state index contributed by atoms with van der Waals surface area (Å²) in [5, 5.41) is 0. The van der Waals surface area contributed by atoms with Gasteiger partial charge in [-0.2, -0.15) is 0 Å². The number of esters is 3. The van der Waals surface area contributed by atoms with Crippen LogP contribution in [-0.2, 0) is 28.6 Å². The van der Waals surface area contributed by atoms with Gasteiger partial charge in [-0.1, -0.05) is 319 Å². The van der Waals surface area contributed by atoms with Crippen molar-refractivity contribution in [2.45, 2.75) is 367 Å². The van der Waals surface area contributed by atoms with E-state index in [0.717, 1.165) is 89.9 Å². The molecule has 0 amide bonds. The monoisotopic (exact) mass is 1090 g/mol. The van der Waals surface area contributed by atoms with Crippen LogP contribution in [0.4, 0.5) is 0 Å². The van der Waals surface area contributed by atoms with Crippen LogP contribution in [0.3, 0.4) is 0 Å². The van der Waals surface area contributed by atoms with Gasteiger partial charge < -0.3 is 14.2 Å². The molecule has 6 nitrogen and oxygen atoms in total. The van der Waals surface area contributed by atoms with Crippen LogP contribution in [0.2, 0.25) is 0 Å². The Bertz CT molecular complexity index is 1390. The molecule has 0 aliphatic heterocycles. The summed E-state index contributed by atoms with van der Waals surface area (Å²) in [6.45, 7) is 6.52. The van der Waals surface area contributed by atoms with Gasteiger partial charge in [-0.15, -0.1) is 0 Å². The molecular formula is C72H130O6. The zero-order valence-electron chi connectivity index (χ0n) is 52.2. The molecule has 0 spiro atoms. The first kappa shape index (κ1) is 75.1. The van der Waals surface area contributed by atoms with E-state index in [-0.39, 0.29) is 31.1 Å². The van der Waals surface area contributed by atoms with E-state index in [1.165, 1.54) is 231 Å². The highest BCUT2D eigenvalue weighted by Gasteiger charge is 2.19. The smallest absolute Gasteiger partial charge is 0.306 e. The van der Waals surface area contributed by atoms with Gasteiger partial charge in [0.25, 0.3) is 0 Å². The van der Waals surface area contributed by atoms with E-state index in [0.29, 0.717) is 19.3 Å². The number of unbranched alkanes of at least 4 members (excludes halogenated alkanes) is 42. The van der Waals surface area contributed by atoms with E-state index in [4.69, 9.17) is 14.2 Å². The van der Waals surface area contributed by atoms with Gasteiger partial charge in [0, 0.05) is 19.3 Å². The highest BCUT2D eigenvalue weighted by atomic mass is 16.6. The number of rotatable bonds is 63. The van der Waals surface area contributed by atoms with Crippen molar-refractivity contribution in [3.05, 3.63) is 60.8 Å². The molecule has 0 bridgehead atoms. The summed E-state index contributed by atoms with van der Waals surface area (Å²) in [5.74, 6) is -0.870. The predicted molar refractivity (Wildman–Crippen MR) is 339 cm³/mol. The summed E-state index contributed by atoms with van der Waals surface area (Å²) in [6, 6.07) is 0. The van der Waals surface area contributed by atoms with Crippen molar-refractivity contribution < 1.29 is 28.6 Å². The van der Waals surface area contributed by atoms with Crippen LogP contribution >= 0.6 is 0 Å². The molecule has 1 unspecified atom stereocenters. The minimum Gasteiger partial charge on any atom is -0.462 e. The summed E-state index contributed by atoms with van der Waals surface area (Å²) in [6.07, 6.45) is 85.7. The maximum absolute atomic E-state index is 12.9. The Morgan fingerprint density at radius 3 is 0.782 bits per heavy atom. The van der Waals surface area contributed by atoms with E-state index in [9.17, 15) is 14.4 Å². The predicted octanol–water partition coefficient (Wildman–Crippen LogP) is 23.5. The van der Waals surface area contributed by atoms with Gasteiger partial charge in [-0.3, -0.25) is 14.4 Å². The Morgan fingerprint density at radius 2 is 0.500 bits per heavy atom. The van der Waals surface area contributed by atoms with Gasteiger partial charge in [0.2, 0.25) is 0 Å². The fraction of sp³-hybridized carbons (Fsp3) is 0.819. The first-order valence-electron chi connectivity index (χ1n) is 34.3. The average molecular weight is 1090 g/mol. The molecule has 0 aromatic carbocycles. The standard InChI is InChI=1S/C72H130O6/c1-4-7-10-13-16-19-21-23-25-27-28-29-30-31-32-33-34-35-36-37-38-39-40-41-42-43-44-46-47-49-51-53-56-59-62-65-71(74)77-68-69(67-76-70(73)64-61-58-55-18-15-12-9-6-3)78-72(75)66-63-60-57-54-52-50-48-45-26-24-22-20-17-14-11-8-5-2/h8,11,17,20-21,23-24,26-28,69H,4-7,9-10,12-16,18-19,22,25,29-68H2,1-3H3/b11-8-,20-17-,23-21-,26-24-,28-27-. The van der Waals surface area contributed by atoms with Crippen LogP contribution in [0, 0.1) is 0 Å². The summed E-state index contributed by atoms with van der Waals surface area (Å²) in [5.41, 5.74) is 0. The van der Waals surface area contributed by atoms with Gasteiger partial charge in [-0.05, 0) is 83.5 Å². The molecule has 0 heterocycles. The van der Waals surface area contributed by atoms with Gasteiger partial charge in [0.15, 0.2) is 6.10 Å². The topological polar surface area (TPSA) is 78.9 Å². The van der Waals surface area contributed by atoms with E-state index >= 15 is 0 Å². The highest BCUT2D eigenvalue weighted by molar-refractivity contribution is 5.71. The molecule has 0 aromatic heterocycles. The van der Waals surface area contributed by atoms with Crippen LogP contribution in [0.25, 0.3) is 0 Å². The molecule has 0 aromatic rings. The third kappa shape index (κ3) is 63.9. The molecule has 0 radical (unpaired) electrons. The molecular weight excluding hydrogens is 961 g/mol. The highest BCUT2D eigenvalue weighted by Crippen LogP contribution is 2.18. The zero-order valence-corrected chi connectivity index (χ0v) is 52.2. The number of carbonyl (C=O) groups is 3. The minimum atomic E-state index is -0.775. The summed E-state index contributed by atoms with van der Waals surface area (Å²) < 4.78 is 16.9. The third-order valence-corrected chi connectivity index (χ3v) is 15.3. The molecule has 78 heavy (non-hydrogen) atoms. The van der Waals surface area contributed by atoms with Gasteiger partial charge in [-0.25, -0.2) is 0 Å². The second-order valence-corrected chi connectivity index (χ2v) is 23.1. The van der Waals surface area contributed by atoms with E-state index < -0.39 is 6.10 Å². The minimum absolute atomic E-state index is 0.0737. The third-order valence-electron chi connectivity index (χ3n) is 15.3. The average Bonchev–Trinajstić information content (AvgIpc) is 3.44. The van der Waals surface area contributed by atoms with Crippen molar-refractivity contribution in [1.29, 1.82) is 0 Å². The maximum atomic E-state index is 12.9. The van der Waals surface area contributed by atoms with Crippen molar-refractivity contribution in [1.82, 2.24) is 0 Å². The lowest BCUT2D eigenvalue weighted by atomic mass is 10.0. The molecule has 6 heteroatoms. The summed E-state index contributed by atoms with van der Waals surface area (Å²) in [4.78, 5) is 38.1. The van der Waals surface area contributed by atoms with Crippen molar-refractivity contribution >= 4 is 17.9 Å². The lowest BCUT2D eigenvalue weighted by Gasteiger charge is -2.18. The van der Waals surface area contributed by atoms with Crippen molar-refractivity contribution in [3.63, 3.8) is 0 Å². The summed E-state index contributed by atoms with van der Waals surface area (Å²) in [7, 11) is 0. The van der Waals surface area contributed by atoms with Crippen molar-refractivity contribution in [2.75, 3.05) is 13.2 Å². The Morgan fingerprint density at radius 1 is 0.269 bits per heavy atom. The fourth-order valence-electron chi connectivity index (χ4n) is 10.1. The van der Waals surface area contributed by atoms with Crippen LogP contribution in [0.15, 0.2) is 60.8 Å². The first-order chi connectivity index (χ1) is 38.5. The van der Waals surface area contributed by atoms with E-state index in [1.807, 2.05) is 0 Å². The number of ether oxygens (including phenoxy) is 3. The Balaban J connectivity index is 3.97. The molecule has 1 atom stereocenters. The molecule has 454 valence electrons. The SMILES string of the molecule is CC/C=C\C/C=C\C/C=C\CCCCCCCCCC(=O)OC(COC(=O)CCCCCCCCCC)COC(=O)CCCCCCCCCCCCCCCCCCCCCCCCC/C=C\C/C=C\CCCCCCC. The number of allylic oxidation sites excluding steroid dienone is 10. The number of hydrogen-bond acceptors (Lipinski definition) is 6. The molecule has 0 rings (SSSR count). The van der Waals surface area contributed by atoms with Gasteiger partial charge in [0.1, 0.15) is 13.2 Å². The Hall–Kier alpha value is -2.89. The Labute approximate surface area is 485 Å². The van der Waals surface area contributed by atoms with Crippen LogP contribution in [0.1, 0.15) is 361 Å². The number of hydrogen-bond donors (Lipinski definition) is 0.